The van der Waals surface area contributed by atoms with Gasteiger partial charge in [0.2, 0.25) is 0 Å². The number of carbonyl (C=O) groups is 1. The zero-order valence-corrected chi connectivity index (χ0v) is 20.2. The van der Waals surface area contributed by atoms with Crippen LogP contribution < -0.4 is 0 Å². The number of halogens is 2. The summed E-state index contributed by atoms with van der Waals surface area (Å²) in [4.78, 5) is 16.7. The van der Waals surface area contributed by atoms with Gasteiger partial charge in [-0.15, -0.1) is 0 Å². The fraction of sp³-hybridized carbons (Fsp3) is 0.692. The second-order valence-corrected chi connectivity index (χ2v) is 10.6. The standard InChI is InChI=1S/C21H27F2NO2.C5H12/c1-12(2)19-14(11-25)17(13-5-7-21(22,23)8-6-13)18-15(24-19)9-20(3,4)10-16(18)26;1-4-5(2)3/h5,11-12,16,26H,6-10H2,1-4H3;5H,4H2,1-3H3. The monoisotopic (exact) mass is 435 g/mol. The molecule has 0 saturated heterocycles. The van der Waals surface area contributed by atoms with E-state index in [0.29, 0.717) is 35.2 Å². The van der Waals surface area contributed by atoms with Gasteiger partial charge in [0.1, 0.15) is 0 Å². The Balaban J connectivity index is 0.000000614. The van der Waals surface area contributed by atoms with Gasteiger partial charge in [0.15, 0.2) is 6.29 Å². The van der Waals surface area contributed by atoms with E-state index in [2.05, 4.69) is 34.6 Å². The van der Waals surface area contributed by atoms with Crippen molar-refractivity contribution in [3.63, 3.8) is 0 Å². The van der Waals surface area contributed by atoms with Crippen molar-refractivity contribution >= 4 is 11.9 Å². The molecule has 1 heterocycles. The summed E-state index contributed by atoms with van der Waals surface area (Å²) in [5, 5.41) is 10.8. The van der Waals surface area contributed by atoms with Gasteiger partial charge in [0.05, 0.1) is 11.8 Å². The molecule has 0 aromatic carbocycles. The molecule has 1 aromatic rings. The minimum Gasteiger partial charge on any atom is -0.388 e. The Bertz CT molecular complexity index is 825. The molecule has 0 bridgehead atoms. The van der Waals surface area contributed by atoms with Crippen LogP contribution >= 0.6 is 0 Å². The molecular formula is C26H39F2NO2. The van der Waals surface area contributed by atoms with Crippen LogP contribution in [-0.2, 0) is 6.42 Å². The molecule has 2 aliphatic carbocycles. The highest BCUT2D eigenvalue weighted by atomic mass is 19.3. The number of pyridine rings is 1. The molecule has 0 aliphatic heterocycles. The van der Waals surface area contributed by atoms with Crippen LogP contribution in [-0.4, -0.2) is 22.3 Å². The number of hydrogen-bond acceptors (Lipinski definition) is 3. The van der Waals surface area contributed by atoms with Crippen LogP contribution in [0.4, 0.5) is 8.78 Å². The maximum atomic E-state index is 13.6. The smallest absolute Gasteiger partial charge is 0.251 e. The second kappa shape index (κ2) is 9.89. The van der Waals surface area contributed by atoms with E-state index in [1.54, 1.807) is 6.08 Å². The van der Waals surface area contributed by atoms with Crippen molar-refractivity contribution in [3.8, 4) is 0 Å². The fourth-order valence-corrected chi connectivity index (χ4v) is 4.25. The molecule has 0 amide bonds. The van der Waals surface area contributed by atoms with Crippen LogP contribution in [0.25, 0.3) is 5.57 Å². The van der Waals surface area contributed by atoms with E-state index in [9.17, 15) is 18.7 Å². The fourth-order valence-electron chi connectivity index (χ4n) is 4.25. The van der Waals surface area contributed by atoms with Crippen LogP contribution in [0.1, 0.15) is 125 Å². The first-order valence-electron chi connectivity index (χ1n) is 11.6. The first-order valence-corrected chi connectivity index (χ1v) is 11.6. The van der Waals surface area contributed by atoms with E-state index in [0.717, 1.165) is 23.5 Å². The summed E-state index contributed by atoms with van der Waals surface area (Å²) < 4.78 is 27.3. The van der Waals surface area contributed by atoms with Crippen LogP contribution in [0.5, 0.6) is 0 Å². The average molecular weight is 436 g/mol. The van der Waals surface area contributed by atoms with Crippen molar-refractivity contribution in [2.45, 2.75) is 105 Å². The molecule has 3 nitrogen and oxygen atoms in total. The molecule has 1 aromatic heterocycles. The van der Waals surface area contributed by atoms with Gasteiger partial charge < -0.3 is 5.11 Å². The number of allylic oxidation sites excluding steroid dienone is 2. The number of aliphatic hydroxyl groups excluding tert-OH is 1. The van der Waals surface area contributed by atoms with Crippen molar-refractivity contribution in [2.75, 3.05) is 0 Å². The lowest BCUT2D eigenvalue weighted by molar-refractivity contribution is -0.00605. The number of alkyl halides is 2. The maximum Gasteiger partial charge on any atom is 0.251 e. The third-order valence-electron chi connectivity index (χ3n) is 6.32. The SMILES string of the molecule is CC(C)c1nc2c(c(C3=CCC(F)(F)CC3)c1C=O)C(O)CC(C)(C)C2.CCC(C)C. The summed E-state index contributed by atoms with van der Waals surface area (Å²) in [5.74, 6) is -1.78. The summed E-state index contributed by atoms with van der Waals surface area (Å²) in [5.41, 5.74) is 3.93. The number of fused-ring (bicyclic) bond motifs is 1. The lowest BCUT2D eigenvalue weighted by Crippen LogP contribution is -2.29. The highest BCUT2D eigenvalue weighted by Gasteiger charge is 2.38. The van der Waals surface area contributed by atoms with E-state index in [-0.39, 0.29) is 30.6 Å². The number of hydrogen-bond donors (Lipinski definition) is 1. The van der Waals surface area contributed by atoms with Gasteiger partial charge >= 0.3 is 0 Å². The number of aliphatic hydroxyl groups is 1. The van der Waals surface area contributed by atoms with Crippen molar-refractivity contribution in [3.05, 3.63) is 34.2 Å². The minimum absolute atomic E-state index is 0.0343. The summed E-state index contributed by atoms with van der Waals surface area (Å²) in [6.07, 6.45) is 3.81. The second-order valence-electron chi connectivity index (χ2n) is 10.6. The quantitative estimate of drug-likeness (QED) is 0.506. The van der Waals surface area contributed by atoms with Gasteiger partial charge in [-0.05, 0) is 47.6 Å². The number of aldehydes is 1. The zero-order valence-electron chi connectivity index (χ0n) is 20.2. The molecule has 0 radical (unpaired) electrons. The van der Waals surface area contributed by atoms with Crippen molar-refractivity contribution in [1.29, 1.82) is 0 Å². The Morgan fingerprint density at radius 2 is 1.87 bits per heavy atom. The highest BCUT2D eigenvalue weighted by Crippen LogP contribution is 2.47. The lowest BCUT2D eigenvalue weighted by atomic mass is 9.71. The molecule has 1 unspecified atom stereocenters. The third-order valence-corrected chi connectivity index (χ3v) is 6.32. The molecule has 5 heteroatoms. The topological polar surface area (TPSA) is 50.2 Å². The number of nitrogens with zero attached hydrogens (tertiary/aromatic N) is 1. The van der Waals surface area contributed by atoms with Gasteiger partial charge in [-0.25, -0.2) is 8.78 Å². The lowest BCUT2D eigenvalue weighted by Gasteiger charge is -2.37. The Hall–Kier alpha value is -1.62. The summed E-state index contributed by atoms with van der Waals surface area (Å²) in [6.45, 7) is 14.8. The maximum absolute atomic E-state index is 13.6. The summed E-state index contributed by atoms with van der Waals surface area (Å²) >= 11 is 0. The van der Waals surface area contributed by atoms with Crippen molar-refractivity contribution in [1.82, 2.24) is 4.98 Å². The Labute approximate surface area is 186 Å². The Morgan fingerprint density at radius 1 is 1.26 bits per heavy atom. The van der Waals surface area contributed by atoms with E-state index in [4.69, 9.17) is 4.98 Å². The van der Waals surface area contributed by atoms with Crippen molar-refractivity contribution in [2.24, 2.45) is 11.3 Å². The van der Waals surface area contributed by atoms with Crippen LogP contribution in [0, 0.1) is 11.3 Å². The molecule has 0 fully saturated rings. The molecule has 1 atom stereocenters. The summed E-state index contributed by atoms with van der Waals surface area (Å²) in [7, 11) is 0. The average Bonchev–Trinajstić information content (AvgIpc) is 2.66. The first kappa shape index (κ1) is 25.6. The van der Waals surface area contributed by atoms with Crippen LogP contribution in [0.2, 0.25) is 0 Å². The van der Waals surface area contributed by atoms with Gasteiger partial charge in [0, 0.05) is 29.7 Å². The predicted molar refractivity (Wildman–Crippen MR) is 123 cm³/mol. The number of carbonyl (C=O) groups excluding carboxylic acids is 1. The van der Waals surface area contributed by atoms with E-state index < -0.39 is 12.0 Å². The van der Waals surface area contributed by atoms with E-state index >= 15 is 0 Å². The Morgan fingerprint density at radius 3 is 2.32 bits per heavy atom. The molecule has 0 saturated carbocycles. The molecule has 31 heavy (non-hydrogen) atoms. The normalized spacial score (nSPS) is 21.8. The molecule has 2 aliphatic rings. The van der Waals surface area contributed by atoms with Gasteiger partial charge in [-0.1, -0.05) is 61.0 Å². The van der Waals surface area contributed by atoms with E-state index in [1.807, 2.05) is 13.8 Å². The number of aromatic nitrogens is 1. The van der Waals surface area contributed by atoms with E-state index in [1.165, 1.54) is 6.42 Å². The zero-order chi connectivity index (χ0) is 23.6. The van der Waals surface area contributed by atoms with Crippen LogP contribution in [0.3, 0.4) is 0 Å². The van der Waals surface area contributed by atoms with Gasteiger partial charge in [-0.2, -0.15) is 0 Å². The molecule has 174 valence electrons. The highest BCUT2D eigenvalue weighted by molar-refractivity contribution is 5.89. The predicted octanol–water partition coefficient (Wildman–Crippen LogP) is 7.28. The molecular weight excluding hydrogens is 396 g/mol. The summed E-state index contributed by atoms with van der Waals surface area (Å²) in [6, 6.07) is 0. The van der Waals surface area contributed by atoms with Crippen molar-refractivity contribution < 1.29 is 18.7 Å². The molecule has 1 N–H and O–H groups in total. The van der Waals surface area contributed by atoms with Gasteiger partial charge in [0.25, 0.3) is 5.92 Å². The molecule has 0 spiro atoms. The minimum atomic E-state index is -2.70. The largest absolute Gasteiger partial charge is 0.388 e. The Kier molecular flexibility index (Phi) is 8.18. The van der Waals surface area contributed by atoms with Crippen LogP contribution in [0.15, 0.2) is 6.08 Å². The first-order chi connectivity index (χ1) is 14.3. The van der Waals surface area contributed by atoms with Gasteiger partial charge in [-0.3, -0.25) is 9.78 Å². The molecule has 3 rings (SSSR count). The number of rotatable bonds is 4. The third kappa shape index (κ3) is 6.21.